The van der Waals surface area contributed by atoms with Crippen LogP contribution < -0.4 is 0 Å². The summed E-state index contributed by atoms with van der Waals surface area (Å²) >= 11 is 6.09. The Morgan fingerprint density at radius 3 is 2.52 bits per heavy atom. The van der Waals surface area contributed by atoms with Crippen molar-refractivity contribution in [1.82, 2.24) is 0 Å². The maximum Gasteiger partial charge on any atom is 0.302 e. The normalized spacial score (nSPS) is 43.7. The van der Waals surface area contributed by atoms with Gasteiger partial charge in [-0.3, -0.25) is 9.59 Å². The van der Waals surface area contributed by atoms with Crippen LogP contribution in [-0.4, -0.2) is 24.1 Å². The zero-order valence-corrected chi connectivity index (χ0v) is 18.5. The smallest absolute Gasteiger partial charge is 0.302 e. The van der Waals surface area contributed by atoms with E-state index in [-0.39, 0.29) is 35.0 Å². The number of hydrogen-bond donors (Lipinski definition) is 0. The molecule has 0 aromatic rings. The van der Waals surface area contributed by atoms with Crippen LogP contribution >= 0.6 is 11.6 Å². The first kappa shape index (κ1) is 21.0. The Kier molecular flexibility index (Phi) is 5.61. The highest BCUT2D eigenvalue weighted by Gasteiger charge is 2.60. The molecule has 0 unspecified atom stereocenters. The molecule has 0 radical (unpaired) electrons. The quantitative estimate of drug-likeness (QED) is 0.444. The monoisotopic (exact) mass is 420 g/mol. The molecular formula is C24H33ClO4. The van der Waals surface area contributed by atoms with E-state index in [4.69, 9.17) is 21.1 Å². The van der Waals surface area contributed by atoms with E-state index in [2.05, 4.69) is 19.1 Å². The van der Waals surface area contributed by atoms with Crippen LogP contribution in [0.2, 0.25) is 0 Å². The van der Waals surface area contributed by atoms with Gasteiger partial charge in [0.05, 0.1) is 0 Å². The number of carbonyl (C=O) groups excluding carboxylic acids is 2. The first-order valence-electron chi connectivity index (χ1n) is 11.1. The van der Waals surface area contributed by atoms with E-state index in [1.54, 1.807) is 5.54 Å². The third kappa shape index (κ3) is 3.45. The lowest BCUT2D eigenvalue weighted by Crippen LogP contribution is -2.52. The fourth-order valence-electron chi connectivity index (χ4n) is 7.44. The Hall–Kier alpha value is -1.29. The summed E-state index contributed by atoms with van der Waals surface area (Å²) in [7, 11) is 0. The van der Waals surface area contributed by atoms with Gasteiger partial charge in [-0.25, -0.2) is 0 Å². The number of esters is 2. The number of ether oxygens (including phenoxy) is 2. The Bertz CT molecular complexity index is 743. The summed E-state index contributed by atoms with van der Waals surface area (Å²) in [4.78, 5) is 23.1. The fraction of sp³-hybridized carbons (Fsp3) is 0.750. The third-order valence-electron chi connectivity index (χ3n) is 8.59. The van der Waals surface area contributed by atoms with Gasteiger partial charge in [-0.05, 0) is 68.1 Å². The molecule has 4 nitrogen and oxygen atoms in total. The fourth-order valence-corrected chi connectivity index (χ4v) is 7.68. The van der Waals surface area contributed by atoms with E-state index in [0.29, 0.717) is 17.8 Å². The second kappa shape index (κ2) is 7.76. The van der Waals surface area contributed by atoms with Crippen molar-refractivity contribution in [3.63, 3.8) is 0 Å². The van der Waals surface area contributed by atoms with Crippen molar-refractivity contribution < 1.29 is 19.1 Å². The van der Waals surface area contributed by atoms with Gasteiger partial charge in [0.25, 0.3) is 0 Å². The Balaban J connectivity index is 1.61. The molecule has 4 rings (SSSR count). The zero-order chi connectivity index (χ0) is 20.8. The molecule has 0 heterocycles. The van der Waals surface area contributed by atoms with E-state index < -0.39 is 0 Å². The van der Waals surface area contributed by atoms with Crippen LogP contribution in [0, 0.1) is 28.6 Å². The van der Waals surface area contributed by atoms with Crippen molar-refractivity contribution in [2.24, 2.45) is 28.6 Å². The summed E-state index contributed by atoms with van der Waals surface area (Å²) in [5.74, 6) is 1.36. The van der Waals surface area contributed by atoms with Gasteiger partial charge >= 0.3 is 11.9 Å². The molecule has 0 amide bonds. The molecule has 0 saturated heterocycles. The van der Waals surface area contributed by atoms with E-state index in [1.807, 2.05) is 0 Å². The van der Waals surface area contributed by atoms with Crippen LogP contribution in [0.25, 0.3) is 0 Å². The molecule has 0 aromatic carbocycles. The predicted octanol–water partition coefficient (Wildman–Crippen LogP) is 5.55. The second-order valence-corrected chi connectivity index (χ2v) is 10.1. The standard InChI is InChI=1S/C24H33ClO4/c1-15(26)28-18-8-10-23(3)17(14-18)4-5-19-20(23)9-11-24(12-13-25)21(19)6-7-22(24)29-16(2)27/h4,12-13,18-22H,5-11,14H2,1-3H3/b13-12+/t18-,19+,20-,21-,22-,23-,24+/m0/s1. The molecule has 0 spiro atoms. The highest BCUT2D eigenvalue weighted by Crippen LogP contribution is 2.66. The number of rotatable bonds is 3. The van der Waals surface area contributed by atoms with Gasteiger partial charge in [0, 0.05) is 31.2 Å². The lowest BCUT2D eigenvalue weighted by molar-refractivity contribution is -0.154. The number of halogens is 1. The maximum atomic E-state index is 11.7. The Morgan fingerprint density at radius 2 is 1.83 bits per heavy atom. The van der Waals surface area contributed by atoms with Gasteiger partial charge in [-0.1, -0.05) is 36.2 Å². The first-order valence-corrected chi connectivity index (χ1v) is 11.6. The van der Waals surface area contributed by atoms with E-state index in [9.17, 15) is 9.59 Å². The van der Waals surface area contributed by atoms with Gasteiger partial charge in [0.1, 0.15) is 12.2 Å². The average molecular weight is 421 g/mol. The highest BCUT2D eigenvalue weighted by molar-refractivity contribution is 6.25. The molecule has 4 aliphatic rings. The summed E-state index contributed by atoms with van der Waals surface area (Å²) in [6.07, 6.45) is 12.7. The van der Waals surface area contributed by atoms with Crippen LogP contribution in [0.5, 0.6) is 0 Å². The minimum Gasteiger partial charge on any atom is -0.462 e. The van der Waals surface area contributed by atoms with Crippen LogP contribution in [-0.2, 0) is 19.1 Å². The van der Waals surface area contributed by atoms with Crippen molar-refractivity contribution in [3.8, 4) is 0 Å². The van der Waals surface area contributed by atoms with Crippen molar-refractivity contribution in [3.05, 3.63) is 23.3 Å². The van der Waals surface area contributed by atoms with Crippen LogP contribution in [0.3, 0.4) is 0 Å². The number of carbonyl (C=O) groups is 2. The van der Waals surface area contributed by atoms with Gasteiger partial charge in [-0.2, -0.15) is 0 Å². The van der Waals surface area contributed by atoms with E-state index >= 15 is 0 Å². The van der Waals surface area contributed by atoms with Gasteiger partial charge in [-0.15, -0.1) is 0 Å². The Morgan fingerprint density at radius 1 is 1.07 bits per heavy atom. The highest BCUT2D eigenvalue weighted by atomic mass is 35.5. The topological polar surface area (TPSA) is 52.6 Å². The lowest BCUT2D eigenvalue weighted by atomic mass is 9.47. The summed E-state index contributed by atoms with van der Waals surface area (Å²) in [6.45, 7) is 5.45. The molecule has 4 aliphatic carbocycles. The summed E-state index contributed by atoms with van der Waals surface area (Å²) in [5.41, 5.74) is 3.21. The van der Waals surface area contributed by atoms with Crippen molar-refractivity contribution in [2.75, 3.05) is 0 Å². The molecule has 5 heteroatoms. The molecule has 7 atom stereocenters. The van der Waals surface area contributed by atoms with E-state index in [0.717, 1.165) is 51.4 Å². The van der Waals surface area contributed by atoms with Gasteiger partial charge < -0.3 is 9.47 Å². The summed E-state index contributed by atoms with van der Waals surface area (Å²) < 4.78 is 11.3. The summed E-state index contributed by atoms with van der Waals surface area (Å²) in [5, 5.41) is 0. The van der Waals surface area contributed by atoms with Crippen LogP contribution in [0.15, 0.2) is 23.3 Å². The van der Waals surface area contributed by atoms with Crippen molar-refractivity contribution in [1.29, 1.82) is 0 Å². The first-order chi connectivity index (χ1) is 13.8. The number of hydrogen-bond acceptors (Lipinski definition) is 4. The Labute approximate surface area is 179 Å². The van der Waals surface area contributed by atoms with Crippen molar-refractivity contribution >= 4 is 23.5 Å². The molecule has 0 aliphatic heterocycles. The molecule has 3 saturated carbocycles. The molecule has 3 fully saturated rings. The average Bonchev–Trinajstić information content (AvgIpc) is 3.00. The van der Waals surface area contributed by atoms with Crippen LogP contribution in [0.1, 0.15) is 72.1 Å². The molecular weight excluding hydrogens is 388 g/mol. The minimum atomic E-state index is -0.193. The van der Waals surface area contributed by atoms with Gasteiger partial charge in [0.2, 0.25) is 0 Å². The van der Waals surface area contributed by atoms with E-state index in [1.165, 1.54) is 19.4 Å². The SMILES string of the molecule is CC(=O)O[C@H]1CC[C@@]2(C)C(=CC[C@H]3[C@@H]4CC[C@H](OC(C)=O)[C@@]4(/C=C/Cl)CC[C@@H]32)C1. The molecule has 0 aromatic heterocycles. The van der Waals surface area contributed by atoms with Gasteiger partial charge in [0.15, 0.2) is 0 Å². The van der Waals surface area contributed by atoms with Crippen LogP contribution in [0.4, 0.5) is 0 Å². The second-order valence-electron chi connectivity index (χ2n) is 9.85. The number of fused-ring (bicyclic) bond motifs is 5. The summed E-state index contributed by atoms with van der Waals surface area (Å²) in [6, 6.07) is 0. The largest absolute Gasteiger partial charge is 0.462 e. The molecule has 160 valence electrons. The van der Waals surface area contributed by atoms with Crippen molar-refractivity contribution in [2.45, 2.75) is 84.3 Å². The molecule has 0 bridgehead atoms. The molecule has 0 N–H and O–H groups in total. The maximum absolute atomic E-state index is 11.7. The third-order valence-corrected chi connectivity index (χ3v) is 8.71. The lowest BCUT2D eigenvalue weighted by Gasteiger charge is -2.57. The number of allylic oxidation sites excluding steroid dienone is 1. The predicted molar refractivity (Wildman–Crippen MR) is 112 cm³/mol. The zero-order valence-electron chi connectivity index (χ0n) is 17.8. The minimum absolute atomic E-state index is 0.0325. The molecule has 29 heavy (non-hydrogen) atoms.